The fraction of sp³-hybridized carbons (Fsp3) is 0.0714. The molecule has 0 aromatic heterocycles. The standard InChI is InChI=1S/C14H10BrClINO/c15-12-6-5-10(17)7-11(12)14(19)18-13-4-2-1-3-9(13)8-16/h1-7H,8H2,(H,18,19). The van der Waals surface area contributed by atoms with E-state index < -0.39 is 0 Å². The fourth-order valence-corrected chi connectivity index (χ4v) is 2.77. The van der Waals surface area contributed by atoms with Crippen LogP contribution in [0.4, 0.5) is 5.69 Å². The molecule has 2 nitrogen and oxygen atoms in total. The summed E-state index contributed by atoms with van der Waals surface area (Å²) >= 11 is 11.4. The van der Waals surface area contributed by atoms with Gasteiger partial charge in [-0.3, -0.25) is 4.79 Å². The van der Waals surface area contributed by atoms with Crippen molar-refractivity contribution in [1.82, 2.24) is 0 Å². The Morgan fingerprint density at radius 3 is 2.74 bits per heavy atom. The van der Waals surface area contributed by atoms with E-state index in [1.807, 2.05) is 42.5 Å². The van der Waals surface area contributed by atoms with Gasteiger partial charge in [0, 0.05) is 19.6 Å². The van der Waals surface area contributed by atoms with E-state index in [4.69, 9.17) is 11.6 Å². The summed E-state index contributed by atoms with van der Waals surface area (Å²) in [6.45, 7) is 0. The molecule has 5 heteroatoms. The first-order valence-corrected chi connectivity index (χ1v) is 7.92. The van der Waals surface area contributed by atoms with Crippen molar-refractivity contribution < 1.29 is 4.79 Å². The summed E-state index contributed by atoms with van der Waals surface area (Å²) in [5.41, 5.74) is 2.25. The number of hydrogen-bond acceptors (Lipinski definition) is 1. The molecule has 98 valence electrons. The van der Waals surface area contributed by atoms with Gasteiger partial charge in [-0.1, -0.05) is 18.2 Å². The normalized spacial score (nSPS) is 10.3. The third kappa shape index (κ3) is 3.70. The molecule has 0 atom stereocenters. The molecule has 2 rings (SSSR count). The van der Waals surface area contributed by atoms with Crippen LogP contribution >= 0.6 is 50.1 Å². The van der Waals surface area contributed by atoms with Crippen molar-refractivity contribution in [2.24, 2.45) is 0 Å². The lowest BCUT2D eigenvalue weighted by atomic mass is 10.1. The van der Waals surface area contributed by atoms with Gasteiger partial charge in [0.15, 0.2) is 0 Å². The summed E-state index contributed by atoms with van der Waals surface area (Å²) in [6.07, 6.45) is 0. The smallest absolute Gasteiger partial charge is 0.256 e. The number of carbonyl (C=O) groups excluding carboxylic acids is 1. The molecular formula is C14H10BrClINO. The van der Waals surface area contributed by atoms with Gasteiger partial charge in [-0.2, -0.15) is 0 Å². The van der Waals surface area contributed by atoms with Crippen LogP contribution in [0.25, 0.3) is 0 Å². The van der Waals surface area contributed by atoms with E-state index in [2.05, 4.69) is 43.8 Å². The maximum Gasteiger partial charge on any atom is 0.256 e. The van der Waals surface area contributed by atoms with Crippen LogP contribution in [0.15, 0.2) is 46.9 Å². The van der Waals surface area contributed by atoms with Gasteiger partial charge in [0.2, 0.25) is 0 Å². The van der Waals surface area contributed by atoms with Crippen molar-refractivity contribution in [2.75, 3.05) is 5.32 Å². The number of hydrogen-bond donors (Lipinski definition) is 1. The van der Waals surface area contributed by atoms with Crippen molar-refractivity contribution in [3.8, 4) is 0 Å². The third-order valence-electron chi connectivity index (χ3n) is 2.58. The summed E-state index contributed by atoms with van der Waals surface area (Å²) in [4.78, 5) is 12.3. The Morgan fingerprint density at radius 1 is 1.26 bits per heavy atom. The number of alkyl halides is 1. The van der Waals surface area contributed by atoms with E-state index in [1.165, 1.54) is 0 Å². The lowest BCUT2D eigenvalue weighted by molar-refractivity contribution is 0.102. The molecule has 0 saturated heterocycles. The minimum absolute atomic E-state index is 0.150. The number of halogens is 3. The quantitative estimate of drug-likeness (QED) is 0.515. The van der Waals surface area contributed by atoms with E-state index in [9.17, 15) is 4.79 Å². The molecule has 19 heavy (non-hydrogen) atoms. The van der Waals surface area contributed by atoms with E-state index >= 15 is 0 Å². The summed E-state index contributed by atoms with van der Waals surface area (Å²) < 4.78 is 1.78. The predicted molar refractivity (Wildman–Crippen MR) is 90.8 cm³/mol. The second-order valence-corrected chi connectivity index (χ2v) is 6.24. The van der Waals surface area contributed by atoms with Crippen LogP contribution in [0.5, 0.6) is 0 Å². The molecule has 0 unspecified atom stereocenters. The van der Waals surface area contributed by atoms with Crippen LogP contribution in [0.3, 0.4) is 0 Å². The molecule has 0 heterocycles. The van der Waals surface area contributed by atoms with Crippen molar-refractivity contribution >= 4 is 61.7 Å². The molecule has 0 aliphatic heterocycles. The number of amides is 1. The molecule has 0 saturated carbocycles. The van der Waals surface area contributed by atoms with E-state index in [1.54, 1.807) is 0 Å². The first-order valence-electron chi connectivity index (χ1n) is 5.52. The average molecular weight is 451 g/mol. The fourth-order valence-electron chi connectivity index (χ4n) is 1.62. The first-order chi connectivity index (χ1) is 9.11. The first kappa shape index (κ1) is 14.8. The lowest BCUT2D eigenvalue weighted by Gasteiger charge is -2.10. The van der Waals surface area contributed by atoms with Crippen LogP contribution in [-0.2, 0) is 5.88 Å². The van der Waals surface area contributed by atoms with Crippen molar-refractivity contribution in [2.45, 2.75) is 5.88 Å². The maximum absolute atomic E-state index is 12.3. The Bertz CT molecular complexity index is 618. The van der Waals surface area contributed by atoms with Gasteiger partial charge in [0.05, 0.1) is 5.56 Å². The van der Waals surface area contributed by atoms with Gasteiger partial charge in [-0.05, 0) is 68.3 Å². The minimum Gasteiger partial charge on any atom is -0.322 e. The van der Waals surface area contributed by atoms with E-state index in [0.717, 1.165) is 19.3 Å². The van der Waals surface area contributed by atoms with Gasteiger partial charge in [-0.25, -0.2) is 0 Å². The Balaban J connectivity index is 2.28. The van der Waals surface area contributed by atoms with Crippen LogP contribution < -0.4 is 5.32 Å². The molecule has 1 amide bonds. The van der Waals surface area contributed by atoms with Gasteiger partial charge in [0.1, 0.15) is 0 Å². The molecule has 0 bridgehead atoms. The Hall–Kier alpha value is -0.590. The largest absolute Gasteiger partial charge is 0.322 e. The highest BCUT2D eigenvalue weighted by Gasteiger charge is 2.12. The monoisotopic (exact) mass is 449 g/mol. The molecular weight excluding hydrogens is 440 g/mol. The number of carbonyl (C=O) groups is 1. The van der Waals surface area contributed by atoms with Crippen molar-refractivity contribution in [3.63, 3.8) is 0 Å². The molecule has 0 aliphatic rings. The van der Waals surface area contributed by atoms with Crippen LogP contribution in [0.1, 0.15) is 15.9 Å². The highest BCUT2D eigenvalue weighted by Crippen LogP contribution is 2.22. The van der Waals surface area contributed by atoms with Gasteiger partial charge in [0.25, 0.3) is 5.91 Å². The minimum atomic E-state index is -0.150. The summed E-state index contributed by atoms with van der Waals surface area (Å²) in [5.74, 6) is 0.215. The van der Waals surface area contributed by atoms with Crippen molar-refractivity contribution in [3.05, 3.63) is 61.6 Å². The van der Waals surface area contributed by atoms with Gasteiger partial charge >= 0.3 is 0 Å². The number of rotatable bonds is 3. The molecule has 0 aliphatic carbocycles. The van der Waals surface area contributed by atoms with Crippen LogP contribution in [-0.4, -0.2) is 5.91 Å². The highest BCUT2D eigenvalue weighted by molar-refractivity contribution is 14.1. The number of para-hydroxylation sites is 1. The van der Waals surface area contributed by atoms with E-state index in [0.29, 0.717) is 11.4 Å². The molecule has 2 aromatic rings. The second-order valence-electron chi connectivity index (χ2n) is 3.87. The van der Waals surface area contributed by atoms with Crippen molar-refractivity contribution in [1.29, 1.82) is 0 Å². The Kier molecular flexibility index (Phi) is 5.24. The topological polar surface area (TPSA) is 29.1 Å². The second kappa shape index (κ2) is 6.72. The summed E-state index contributed by atoms with van der Waals surface area (Å²) in [7, 11) is 0. The predicted octanol–water partition coefficient (Wildman–Crippen LogP) is 5.04. The molecule has 0 radical (unpaired) electrons. The molecule has 1 N–H and O–H groups in total. The Labute approximate surface area is 138 Å². The number of benzene rings is 2. The lowest BCUT2D eigenvalue weighted by Crippen LogP contribution is -2.14. The SMILES string of the molecule is O=C(Nc1ccccc1CCl)c1cc(I)ccc1Br. The number of anilines is 1. The molecule has 0 spiro atoms. The zero-order valence-corrected chi connectivity index (χ0v) is 14.3. The summed E-state index contributed by atoms with van der Waals surface area (Å²) in [5, 5.41) is 2.89. The zero-order valence-electron chi connectivity index (χ0n) is 9.79. The third-order valence-corrected chi connectivity index (χ3v) is 4.23. The summed E-state index contributed by atoms with van der Waals surface area (Å²) in [6, 6.07) is 13.1. The van der Waals surface area contributed by atoms with E-state index in [-0.39, 0.29) is 5.91 Å². The number of nitrogens with one attached hydrogen (secondary N) is 1. The molecule has 0 fully saturated rings. The van der Waals surface area contributed by atoms with Gasteiger partial charge < -0.3 is 5.32 Å². The molecule has 2 aromatic carbocycles. The highest BCUT2D eigenvalue weighted by atomic mass is 127. The maximum atomic E-state index is 12.3. The zero-order chi connectivity index (χ0) is 13.8. The average Bonchev–Trinajstić information content (AvgIpc) is 2.42. The van der Waals surface area contributed by atoms with Crippen LogP contribution in [0, 0.1) is 3.57 Å². The van der Waals surface area contributed by atoms with Gasteiger partial charge in [-0.15, -0.1) is 11.6 Å². The Morgan fingerprint density at radius 2 is 2.00 bits per heavy atom. The van der Waals surface area contributed by atoms with Crippen LogP contribution in [0.2, 0.25) is 0 Å².